The molecule has 8 heteroatoms. The first-order chi connectivity index (χ1) is 13.9. The Morgan fingerprint density at radius 2 is 1.72 bits per heavy atom. The number of nitrogens with one attached hydrogen (secondary N) is 3. The zero-order chi connectivity index (χ0) is 20.8. The van der Waals surface area contributed by atoms with Crippen molar-refractivity contribution in [3.05, 3.63) is 63.1 Å². The van der Waals surface area contributed by atoms with E-state index < -0.39 is 0 Å². The molecule has 0 atom stereocenters. The Kier molecular flexibility index (Phi) is 7.64. The number of carbonyl (C=O) groups is 2. The van der Waals surface area contributed by atoms with Crippen LogP contribution in [0.15, 0.2) is 46.9 Å². The molecule has 0 saturated heterocycles. The summed E-state index contributed by atoms with van der Waals surface area (Å²) in [6.45, 7) is 0. The number of hydrogen-bond donors (Lipinski definition) is 3. The highest BCUT2D eigenvalue weighted by Gasteiger charge is 2.19. The largest absolute Gasteiger partial charge is 0.349 e. The van der Waals surface area contributed by atoms with E-state index in [2.05, 4.69) is 31.9 Å². The lowest BCUT2D eigenvalue weighted by molar-refractivity contribution is 0.0926. The third kappa shape index (κ3) is 6.01. The number of rotatable bonds is 4. The molecule has 5 nitrogen and oxygen atoms in total. The van der Waals surface area contributed by atoms with Gasteiger partial charge in [0, 0.05) is 16.2 Å². The molecule has 2 amide bonds. The summed E-state index contributed by atoms with van der Waals surface area (Å²) in [6, 6.07) is 12.2. The minimum absolute atomic E-state index is 0.131. The maximum atomic E-state index is 12.6. The molecule has 1 saturated carbocycles. The van der Waals surface area contributed by atoms with Crippen molar-refractivity contribution in [2.75, 3.05) is 5.32 Å². The lowest BCUT2D eigenvalue weighted by Gasteiger charge is -2.23. The van der Waals surface area contributed by atoms with Crippen LogP contribution in [0.1, 0.15) is 52.8 Å². The summed E-state index contributed by atoms with van der Waals surface area (Å²) in [5.74, 6) is -0.534. The average molecular weight is 495 g/mol. The topological polar surface area (TPSA) is 70.2 Å². The molecule has 1 aliphatic carbocycles. The van der Waals surface area contributed by atoms with Gasteiger partial charge in [0.1, 0.15) is 0 Å². The molecular formula is C21H21BrClN3O2S. The molecule has 3 rings (SSSR count). The Labute approximate surface area is 188 Å². The summed E-state index contributed by atoms with van der Waals surface area (Å²) >= 11 is 14.8. The van der Waals surface area contributed by atoms with Gasteiger partial charge in [-0.2, -0.15) is 0 Å². The summed E-state index contributed by atoms with van der Waals surface area (Å²) in [5, 5.41) is 9.12. The molecule has 2 aromatic carbocycles. The van der Waals surface area contributed by atoms with Crippen LogP contribution in [0.2, 0.25) is 5.02 Å². The van der Waals surface area contributed by atoms with E-state index in [1.165, 1.54) is 6.42 Å². The Balaban J connectivity index is 1.64. The first kappa shape index (κ1) is 21.7. The fourth-order valence-corrected chi connectivity index (χ4v) is 4.14. The second-order valence-electron chi connectivity index (χ2n) is 6.89. The first-order valence-electron chi connectivity index (χ1n) is 9.41. The molecule has 0 spiro atoms. The SMILES string of the molecule is O=C(NC1CCCCC1)c1cc(NC(=S)NC(=O)c2ccccc2Br)ccc1Cl. The third-order valence-corrected chi connectivity index (χ3v) is 5.98. The monoisotopic (exact) mass is 493 g/mol. The maximum Gasteiger partial charge on any atom is 0.258 e. The summed E-state index contributed by atoms with van der Waals surface area (Å²) in [4.78, 5) is 25.0. The van der Waals surface area contributed by atoms with Crippen molar-refractivity contribution < 1.29 is 9.59 Å². The van der Waals surface area contributed by atoms with Gasteiger partial charge in [0.25, 0.3) is 11.8 Å². The van der Waals surface area contributed by atoms with E-state index in [-0.39, 0.29) is 23.0 Å². The van der Waals surface area contributed by atoms with Gasteiger partial charge in [0.2, 0.25) is 0 Å². The minimum atomic E-state index is -0.334. The molecule has 29 heavy (non-hydrogen) atoms. The van der Waals surface area contributed by atoms with E-state index in [1.54, 1.807) is 36.4 Å². The number of halogens is 2. The van der Waals surface area contributed by atoms with Crippen molar-refractivity contribution in [1.29, 1.82) is 0 Å². The van der Waals surface area contributed by atoms with E-state index in [4.69, 9.17) is 23.8 Å². The minimum Gasteiger partial charge on any atom is -0.349 e. The Hall–Kier alpha value is -1.96. The van der Waals surface area contributed by atoms with Crippen molar-refractivity contribution in [3.63, 3.8) is 0 Å². The van der Waals surface area contributed by atoms with Crippen LogP contribution in [0.3, 0.4) is 0 Å². The van der Waals surface area contributed by atoms with Gasteiger partial charge in [-0.05, 0) is 71.3 Å². The van der Waals surface area contributed by atoms with Gasteiger partial charge in [0.05, 0.1) is 16.1 Å². The highest BCUT2D eigenvalue weighted by atomic mass is 79.9. The number of anilines is 1. The van der Waals surface area contributed by atoms with E-state index in [0.29, 0.717) is 26.3 Å². The predicted octanol–water partition coefficient (Wildman–Crippen LogP) is 5.29. The van der Waals surface area contributed by atoms with Gasteiger partial charge in [-0.25, -0.2) is 0 Å². The summed E-state index contributed by atoms with van der Waals surface area (Å²) in [5.41, 5.74) is 1.42. The van der Waals surface area contributed by atoms with Crippen LogP contribution in [0.5, 0.6) is 0 Å². The molecule has 3 N–H and O–H groups in total. The first-order valence-corrected chi connectivity index (χ1v) is 11.0. The van der Waals surface area contributed by atoms with E-state index in [0.717, 1.165) is 25.7 Å². The lowest BCUT2D eigenvalue weighted by atomic mass is 9.95. The molecule has 0 bridgehead atoms. The van der Waals surface area contributed by atoms with Gasteiger partial charge in [-0.1, -0.05) is 43.0 Å². The molecular weight excluding hydrogens is 474 g/mol. The fraction of sp³-hybridized carbons (Fsp3) is 0.286. The van der Waals surface area contributed by atoms with E-state index in [9.17, 15) is 9.59 Å². The lowest BCUT2D eigenvalue weighted by Crippen LogP contribution is -2.36. The normalized spacial score (nSPS) is 14.1. The molecule has 1 aliphatic rings. The van der Waals surface area contributed by atoms with Crippen molar-refractivity contribution >= 4 is 62.4 Å². The van der Waals surface area contributed by atoms with Gasteiger partial charge >= 0.3 is 0 Å². The van der Waals surface area contributed by atoms with Crippen LogP contribution in [-0.2, 0) is 0 Å². The third-order valence-electron chi connectivity index (χ3n) is 4.75. The molecule has 0 aromatic heterocycles. The molecule has 0 aliphatic heterocycles. The maximum absolute atomic E-state index is 12.6. The number of thiocarbonyl (C=S) groups is 1. The molecule has 2 aromatic rings. The number of hydrogen-bond acceptors (Lipinski definition) is 3. The van der Waals surface area contributed by atoms with Gasteiger partial charge < -0.3 is 10.6 Å². The van der Waals surface area contributed by atoms with Gasteiger partial charge in [-0.3, -0.25) is 14.9 Å². The van der Waals surface area contributed by atoms with Crippen molar-refractivity contribution in [1.82, 2.24) is 10.6 Å². The number of benzene rings is 2. The second-order valence-corrected chi connectivity index (χ2v) is 8.56. The van der Waals surface area contributed by atoms with Crippen molar-refractivity contribution in [2.24, 2.45) is 0 Å². The van der Waals surface area contributed by atoms with Crippen LogP contribution >= 0.6 is 39.7 Å². The molecule has 0 unspecified atom stereocenters. The van der Waals surface area contributed by atoms with Crippen LogP contribution in [-0.4, -0.2) is 23.0 Å². The zero-order valence-corrected chi connectivity index (χ0v) is 18.8. The summed E-state index contributed by atoms with van der Waals surface area (Å²) < 4.78 is 0.675. The molecule has 0 radical (unpaired) electrons. The average Bonchev–Trinajstić information content (AvgIpc) is 2.70. The Morgan fingerprint density at radius 3 is 2.45 bits per heavy atom. The van der Waals surface area contributed by atoms with E-state index >= 15 is 0 Å². The Morgan fingerprint density at radius 1 is 1.00 bits per heavy atom. The van der Waals surface area contributed by atoms with E-state index in [1.807, 2.05) is 6.07 Å². The molecule has 152 valence electrons. The quantitative estimate of drug-likeness (QED) is 0.505. The van der Waals surface area contributed by atoms with Crippen LogP contribution in [0, 0.1) is 0 Å². The standard InChI is InChI=1S/C21H21BrClN3O2S/c22-17-9-5-4-8-15(17)19(27)26-21(29)25-14-10-11-18(23)16(12-14)20(28)24-13-6-2-1-3-7-13/h4-5,8-13H,1-3,6-7H2,(H,24,28)(H2,25,26,27,29). The number of amides is 2. The van der Waals surface area contributed by atoms with Crippen LogP contribution < -0.4 is 16.0 Å². The highest BCUT2D eigenvalue weighted by molar-refractivity contribution is 9.10. The van der Waals surface area contributed by atoms with Gasteiger partial charge in [-0.15, -0.1) is 0 Å². The second kappa shape index (κ2) is 10.2. The van der Waals surface area contributed by atoms with Gasteiger partial charge in [0.15, 0.2) is 5.11 Å². The Bertz CT molecular complexity index is 932. The summed E-state index contributed by atoms with van der Waals surface area (Å²) in [7, 11) is 0. The molecule has 0 heterocycles. The van der Waals surface area contributed by atoms with Crippen molar-refractivity contribution in [3.8, 4) is 0 Å². The van der Waals surface area contributed by atoms with Crippen LogP contribution in [0.4, 0.5) is 5.69 Å². The fourth-order valence-electron chi connectivity index (χ4n) is 3.27. The smallest absolute Gasteiger partial charge is 0.258 e. The predicted molar refractivity (Wildman–Crippen MR) is 124 cm³/mol. The summed E-state index contributed by atoms with van der Waals surface area (Å²) in [6.07, 6.45) is 5.46. The molecule has 1 fully saturated rings. The zero-order valence-electron chi connectivity index (χ0n) is 15.6. The van der Waals surface area contributed by atoms with Crippen molar-refractivity contribution in [2.45, 2.75) is 38.1 Å². The number of carbonyl (C=O) groups excluding carboxylic acids is 2. The van der Waals surface area contributed by atoms with Crippen LogP contribution in [0.25, 0.3) is 0 Å². The highest BCUT2D eigenvalue weighted by Crippen LogP contribution is 2.23.